The van der Waals surface area contributed by atoms with Crippen molar-refractivity contribution in [2.24, 2.45) is 0 Å². The molecule has 1 unspecified atom stereocenters. The molecule has 0 saturated carbocycles. The lowest BCUT2D eigenvalue weighted by Gasteiger charge is -2.20. The number of hydrogen-bond donors (Lipinski definition) is 0. The summed E-state index contributed by atoms with van der Waals surface area (Å²) in [6.45, 7) is 5.42. The van der Waals surface area contributed by atoms with E-state index in [9.17, 15) is 0 Å². The van der Waals surface area contributed by atoms with E-state index >= 15 is 0 Å². The summed E-state index contributed by atoms with van der Waals surface area (Å²) in [4.78, 5) is 0. The molecule has 0 spiro atoms. The van der Waals surface area contributed by atoms with Crippen LogP contribution in [0.1, 0.15) is 104 Å². The molecule has 0 aromatic heterocycles. The summed E-state index contributed by atoms with van der Waals surface area (Å²) in [5, 5.41) is 0. The lowest BCUT2D eigenvalue weighted by atomic mass is 10.1. The zero-order valence-corrected chi connectivity index (χ0v) is 15.7. The first-order chi connectivity index (χ1) is 11.4. The second kappa shape index (κ2) is 15.2. The van der Waals surface area contributed by atoms with E-state index in [0.29, 0.717) is 6.10 Å². The van der Waals surface area contributed by atoms with Crippen molar-refractivity contribution in [1.29, 1.82) is 0 Å². The van der Waals surface area contributed by atoms with E-state index in [2.05, 4.69) is 26.0 Å². The fraction of sp³-hybridized carbons (Fsp3) is 0.905. The summed E-state index contributed by atoms with van der Waals surface area (Å²) in [7, 11) is 0. The van der Waals surface area contributed by atoms with Crippen LogP contribution < -0.4 is 0 Å². The normalized spacial score (nSPS) is 19.7. The highest BCUT2D eigenvalue weighted by molar-refractivity contribution is 4.85. The summed E-state index contributed by atoms with van der Waals surface area (Å²) in [5.41, 5.74) is 0. The average Bonchev–Trinajstić information content (AvgIpc) is 3.06. The Morgan fingerprint density at radius 3 is 2.39 bits per heavy atom. The zero-order valence-electron chi connectivity index (χ0n) is 15.7. The highest BCUT2D eigenvalue weighted by atomic mass is 16.7. The molecule has 1 aliphatic heterocycles. The Morgan fingerprint density at radius 2 is 1.70 bits per heavy atom. The predicted octanol–water partition coefficient (Wildman–Crippen LogP) is 6.79. The molecule has 0 radical (unpaired) electrons. The van der Waals surface area contributed by atoms with Crippen molar-refractivity contribution < 1.29 is 9.47 Å². The third-order valence-electron chi connectivity index (χ3n) is 4.65. The van der Waals surface area contributed by atoms with Gasteiger partial charge >= 0.3 is 0 Å². The van der Waals surface area contributed by atoms with E-state index in [1.165, 1.54) is 70.6 Å². The van der Waals surface area contributed by atoms with Crippen LogP contribution >= 0.6 is 0 Å². The van der Waals surface area contributed by atoms with Gasteiger partial charge in [0.1, 0.15) is 0 Å². The second-order valence-corrected chi connectivity index (χ2v) is 6.96. The summed E-state index contributed by atoms with van der Waals surface area (Å²) < 4.78 is 11.8. The minimum atomic E-state index is 0.0635. The number of ether oxygens (including phenoxy) is 2. The van der Waals surface area contributed by atoms with Gasteiger partial charge in [0.25, 0.3) is 0 Å². The molecule has 1 rings (SSSR count). The van der Waals surface area contributed by atoms with Crippen LogP contribution in [0.15, 0.2) is 12.2 Å². The van der Waals surface area contributed by atoms with E-state index in [-0.39, 0.29) is 6.29 Å². The fourth-order valence-corrected chi connectivity index (χ4v) is 3.14. The molecule has 0 amide bonds. The van der Waals surface area contributed by atoms with Crippen molar-refractivity contribution in [1.82, 2.24) is 0 Å². The summed E-state index contributed by atoms with van der Waals surface area (Å²) in [5.74, 6) is 0. The Bertz CT molecular complexity index is 269. The maximum Gasteiger partial charge on any atom is 0.158 e. The quantitative estimate of drug-likeness (QED) is 0.244. The predicted molar refractivity (Wildman–Crippen MR) is 99.7 cm³/mol. The van der Waals surface area contributed by atoms with Crippen molar-refractivity contribution >= 4 is 0 Å². The molecule has 2 atom stereocenters. The largest absolute Gasteiger partial charge is 0.353 e. The van der Waals surface area contributed by atoms with Gasteiger partial charge in [-0.1, -0.05) is 77.4 Å². The first kappa shape index (κ1) is 20.7. The smallest absolute Gasteiger partial charge is 0.158 e. The molecule has 1 aliphatic rings. The van der Waals surface area contributed by atoms with Gasteiger partial charge in [0.05, 0.1) is 6.10 Å². The van der Waals surface area contributed by atoms with Crippen LogP contribution in [0.25, 0.3) is 0 Å². The average molecular weight is 325 g/mol. The molecule has 0 bridgehead atoms. The molecular weight excluding hydrogens is 284 g/mol. The van der Waals surface area contributed by atoms with Crippen molar-refractivity contribution in [3.63, 3.8) is 0 Å². The van der Waals surface area contributed by atoms with Gasteiger partial charge in [0.2, 0.25) is 0 Å². The van der Waals surface area contributed by atoms with Gasteiger partial charge in [0, 0.05) is 13.0 Å². The molecule has 0 aliphatic carbocycles. The SMILES string of the molecule is CCCCCCC/C=C\CC(CCCCCC)O[C@@H]1CCCO1. The fourth-order valence-electron chi connectivity index (χ4n) is 3.14. The minimum absolute atomic E-state index is 0.0635. The maximum absolute atomic E-state index is 6.18. The van der Waals surface area contributed by atoms with Crippen LogP contribution in [0.3, 0.4) is 0 Å². The van der Waals surface area contributed by atoms with Gasteiger partial charge < -0.3 is 9.47 Å². The first-order valence-electron chi connectivity index (χ1n) is 10.3. The van der Waals surface area contributed by atoms with Crippen molar-refractivity contribution in [3.8, 4) is 0 Å². The number of rotatable bonds is 15. The molecule has 2 heteroatoms. The van der Waals surface area contributed by atoms with Crippen LogP contribution in [0.5, 0.6) is 0 Å². The Hall–Kier alpha value is -0.340. The Morgan fingerprint density at radius 1 is 0.957 bits per heavy atom. The Labute approximate surface area is 145 Å². The van der Waals surface area contributed by atoms with E-state index in [0.717, 1.165) is 25.9 Å². The second-order valence-electron chi connectivity index (χ2n) is 6.96. The van der Waals surface area contributed by atoms with E-state index in [1.54, 1.807) is 0 Å². The van der Waals surface area contributed by atoms with E-state index in [4.69, 9.17) is 9.47 Å². The minimum Gasteiger partial charge on any atom is -0.353 e. The molecule has 2 nitrogen and oxygen atoms in total. The number of unbranched alkanes of at least 4 members (excludes halogenated alkanes) is 8. The third-order valence-corrected chi connectivity index (χ3v) is 4.65. The van der Waals surface area contributed by atoms with Gasteiger partial charge in [-0.05, 0) is 32.1 Å². The number of allylic oxidation sites excluding steroid dienone is 1. The van der Waals surface area contributed by atoms with Crippen molar-refractivity contribution in [2.45, 2.75) is 116 Å². The summed E-state index contributed by atoms with van der Waals surface area (Å²) >= 11 is 0. The molecular formula is C21H40O2. The maximum atomic E-state index is 6.18. The first-order valence-corrected chi connectivity index (χ1v) is 10.3. The monoisotopic (exact) mass is 324 g/mol. The van der Waals surface area contributed by atoms with Crippen LogP contribution in [-0.4, -0.2) is 19.0 Å². The van der Waals surface area contributed by atoms with Gasteiger partial charge in [-0.25, -0.2) is 0 Å². The molecule has 1 saturated heterocycles. The summed E-state index contributed by atoms with van der Waals surface area (Å²) in [6, 6.07) is 0. The molecule has 136 valence electrons. The zero-order chi connectivity index (χ0) is 16.6. The van der Waals surface area contributed by atoms with Gasteiger partial charge in [-0.2, -0.15) is 0 Å². The standard InChI is InChI=1S/C21H40O2/c1-3-5-7-9-10-11-12-14-17-20(16-13-8-6-4-2)23-21-18-15-19-22-21/h12,14,20-21H,3-11,13,15-19H2,1-2H3/b14-12-/t20?,21-/m1/s1. The third kappa shape index (κ3) is 11.8. The van der Waals surface area contributed by atoms with Crippen LogP contribution in [-0.2, 0) is 9.47 Å². The van der Waals surface area contributed by atoms with Crippen molar-refractivity contribution in [3.05, 3.63) is 12.2 Å². The lowest BCUT2D eigenvalue weighted by Crippen LogP contribution is -2.21. The highest BCUT2D eigenvalue weighted by Crippen LogP contribution is 2.20. The lowest BCUT2D eigenvalue weighted by molar-refractivity contribution is -0.144. The Balaban J connectivity index is 2.16. The van der Waals surface area contributed by atoms with Crippen LogP contribution in [0.2, 0.25) is 0 Å². The molecule has 1 heterocycles. The van der Waals surface area contributed by atoms with E-state index < -0.39 is 0 Å². The molecule has 23 heavy (non-hydrogen) atoms. The molecule has 0 N–H and O–H groups in total. The van der Waals surface area contributed by atoms with Crippen LogP contribution in [0, 0.1) is 0 Å². The molecule has 0 aromatic rings. The van der Waals surface area contributed by atoms with Crippen LogP contribution in [0.4, 0.5) is 0 Å². The van der Waals surface area contributed by atoms with E-state index in [1.807, 2.05) is 0 Å². The number of hydrogen-bond acceptors (Lipinski definition) is 2. The van der Waals surface area contributed by atoms with Gasteiger partial charge in [0.15, 0.2) is 6.29 Å². The highest BCUT2D eigenvalue weighted by Gasteiger charge is 2.20. The topological polar surface area (TPSA) is 18.5 Å². The van der Waals surface area contributed by atoms with Gasteiger partial charge in [-0.15, -0.1) is 0 Å². The van der Waals surface area contributed by atoms with Gasteiger partial charge in [-0.3, -0.25) is 0 Å². The summed E-state index contributed by atoms with van der Waals surface area (Å²) in [6.07, 6.45) is 22.9. The van der Waals surface area contributed by atoms with Crippen molar-refractivity contribution in [2.75, 3.05) is 6.61 Å². The molecule has 0 aromatic carbocycles. The Kier molecular flexibility index (Phi) is 13.7. The molecule has 1 fully saturated rings.